The van der Waals surface area contributed by atoms with Crippen LogP contribution in [0.25, 0.3) is 0 Å². The number of carbonyl (C=O) groups is 1. The fourth-order valence-electron chi connectivity index (χ4n) is 1.73. The number of rotatable bonds is 3. The molecule has 0 unspecified atom stereocenters. The van der Waals surface area contributed by atoms with Crippen molar-refractivity contribution in [2.45, 2.75) is 6.92 Å². The van der Waals surface area contributed by atoms with Crippen LogP contribution in [0.3, 0.4) is 0 Å². The number of nitrogens with two attached hydrogens (primary N) is 1. The molecule has 2 aromatic rings. The summed E-state index contributed by atoms with van der Waals surface area (Å²) in [6.45, 7) is 1.80. The van der Waals surface area contributed by atoms with E-state index in [0.29, 0.717) is 21.8 Å². The van der Waals surface area contributed by atoms with E-state index in [2.05, 4.69) is 4.99 Å². The molecule has 0 aliphatic rings. The summed E-state index contributed by atoms with van der Waals surface area (Å²) in [5.74, 6) is -0.412. The molecule has 0 aromatic heterocycles. The third kappa shape index (κ3) is 3.16. The number of halogens is 1. The summed E-state index contributed by atoms with van der Waals surface area (Å²) in [7, 11) is 0. The largest absolute Gasteiger partial charge is 0.507 e. The Labute approximate surface area is 121 Å². The van der Waals surface area contributed by atoms with Gasteiger partial charge in [-0.1, -0.05) is 17.7 Å². The number of phenols is 1. The summed E-state index contributed by atoms with van der Waals surface area (Å²) < 4.78 is 0. The van der Waals surface area contributed by atoms with Crippen molar-refractivity contribution in [2.75, 3.05) is 0 Å². The highest BCUT2D eigenvalue weighted by Crippen LogP contribution is 2.22. The van der Waals surface area contributed by atoms with Gasteiger partial charge in [0.1, 0.15) is 5.75 Å². The number of nitrogens with zero attached hydrogens (tertiary/aromatic N) is 1. The van der Waals surface area contributed by atoms with Gasteiger partial charge < -0.3 is 10.8 Å². The van der Waals surface area contributed by atoms with Crippen LogP contribution in [0.1, 0.15) is 21.5 Å². The average molecular weight is 289 g/mol. The second kappa shape index (κ2) is 5.75. The molecular weight excluding hydrogens is 276 g/mol. The summed E-state index contributed by atoms with van der Waals surface area (Å²) >= 11 is 5.85. The maximum absolute atomic E-state index is 11.3. The number of amides is 1. The summed E-state index contributed by atoms with van der Waals surface area (Å²) in [6.07, 6.45) is 1.48. The van der Waals surface area contributed by atoms with E-state index in [9.17, 15) is 9.90 Å². The van der Waals surface area contributed by atoms with Crippen LogP contribution in [0.5, 0.6) is 5.75 Å². The van der Waals surface area contributed by atoms with Crippen LogP contribution in [-0.4, -0.2) is 17.2 Å². The predicted molar refractivity (Wildman–Crippen MR) is 80.1 cm³/mol. The molecule has 5 heteroatoms. The number of aryl methyl sites for hydroxylation is 1. The molecule has 0 aliphatic heterocycles. The van der Waals surface area contributed by atoms with Crippen LogP contribution >= 0.6 is 11.6 Å². The third-order valence-electron chi connectivity index (χ3n) is 2.83. The van der Waals surface area contributed by atoms with Crippen LogP contribution in [0, 0.1) is 6.92 Å². The van der Waals surface area contributed by atoms with Gasteiger partial charge in [-0.2, -0.15) is 0 Å². The van der Waals surface area contributed by atoms with Gasteiger partial charge >= 0.3 is 0 Å². The van der Waals surface area contributed by atoms with E-state index >= 15 is 0 Å². The SMILES string of the molecule is Cc1ccc(N=Cc2cc(Cl)ccc2O)cc1C(N)=O. The van der Waals surface area contributed by atoms with Gasteiger partial charge in [-0.25, -0.2) is 0 Å². The zero-order chi connectivity index (χ0) is 14.7. The maximum atomic E-state index is 11.3. The van der Waals surface area contributed by atoms with Crippen LogP contribution in [0.15, 0.2) is 41.4 Å². The quantitative estimate of drug-likeness (QED) is 0.851. The number of primary amides is 1. The van der Waals surface area contributed by atoms with Gasteiger partial charge in [0.15, 0.2) is 0 Å². The molecule has 0 saturated carbocycles. The van der Waals surface area contributed by atoms with Crippen molar-refractivity contribution >= 4 is 29.4 Å². The van der Waals surface area contributed by atoms with E-state index in [-0.39, 0.29) is 5.75 Å². The second-order valence-corrected chi connectivity index (χ2v) is 4.76. The van der Waals surface area contributed by atoms with Gasteiger partial charge in [0, 0.05) is 22.4 Å². The second-order valence-electron chi connectivity index (χ2n) is 4.32. The highest BCUT2D eigenvalue weighted by Gasteiger charge is 2.05. The smallest absolute Gasteiger partial charge is 0.249 e. The minimum Gasteiger partial charge on any atom is -0.507 e. The van der Waals surface area contributed by atoms with Gasteiger partial charge in [0.05, 0.1) is 5.69 Å². The molecule has 0 saturated heterocycles. The highest BCUT2D eigenvalue weighted by atomic mass is 35.5. The van der Waals surface area contributed by atoms with Crippen molar-refractivity contribution in [3.05, 3.63) is 58.1 Å². The summed E-state index contributed by atoms with van der Waals surface area (Å²) in [4.78, 5) is 15.5. The van der Waals surface area contributed by atoms with Crippen molar-refractivity contribution in [2.24, 2.45) is 10.7 Å². The zero-order valence-electron chi connectivity index (χ0n) is 10.8. The molecule has 102 valence electrons. The summed E-state index contributed by atoms with van der Waals surface area (Å²) in [6, 6.07) is 9.82. The molecule has 0 spiro atoms. The Morgan fingerprint density at radius 2 is 2.05 bits per heavy atom. The van der Waals surface area contributed by atoms with Gasteiger partial charge in [-0.05, 0) is 42.8 Å². The first-order valence-corrected chi connectivity index (χ1v) is 6.28. The molecule has 2 rings (SSSR count). The van der Waals surface area contributed by atoms with Gasteiger partial charge in [-0.15, -0.1) is 0 Å². The lowest BCUT2D eigenvalue weighted by Gasteiger charge is -2.03. The number of phenolic OH excluding ortho intramolecular Hbond substituents is 1. The number of benzene rings is 2. The van der Waals surface area contributed by atoms with E-state index in [1.165, 1.54) is 12.3 Å². The molecule has 0 radical (unpaired) electrons. The molecule has 1 amide bonds. The van der Waals surface area contributed by atoms with Crippen LogP contribution < -0.4 is 5.73 Å². The lowest BCUT2D eigenvalue weighted by Crippen LogP contribution is -2.12. The average Bonchev–Trinajstić information content (AvgIpc) is 2.41. The highest BCUT2D eigenvalue weighted by molar-refractivity contribution is 6.30. The Kier molecular flexibility index (Phi) is 4.05. The number of aliphatic imine (C=N–C) groups is 1. The Bertz CT molecular complexity index is 696. The van der Waals surface area contributed by atoms with E-state index in [1.54, 1.807) is 37.3 Å². The predicted octanol–water partition coefficient (Wildman–Crippen LogP) is 3.20. The van der Waals surface area contributed by atoms with Crippen LogP contribution in [-0.2, 0) is 0 Å². The van der Waals surface area contributed by atoms with E-state index < -0.39 is 5.91 Å². The van der Waals surface area contributed by atoms with Crippen LogP contribution in [0.4, 0.5) is 5.69 Å². The molecule has 0 heterocycles. The van der Waals surface area contributed by atoms with Crippen molar-refractivity contribution in [3.8, 4) is 5.75 Å². The minimum absolute atomic E-state index is 0.0837. The maximum Gasteiger partial charge on any atom is 0.249 e. The van der Waals surface area contributed by atoms with Gasteiger partial charge in [0.25, 0.3) is 0 Å². The lowest BCUT2D eigenvalue weighted by atomic mass is 10.1. The third-order valence-corrected chi connectivity index (χ3v) is 3.06. The Balaban J connectivity index is 2.34. The Morgan fingerprint density at radius 3 is 2.75 bits per heavy atom. The first-order valence-electron chi connectivity index (χ1n) is 5.90. The normalized spacial score (nSPS) is 10.9. The molecule has 3 N–H and O–H groups in total. The molecule has 2 aromatic carbocycles. The first kappa shape index (κ1) is 14.1. The molecule has 0 bridgehead atoms. The Hall–Kier alpha value is -2.33. The monoisotopic (exact) mass is 288 g/mol. The molecule has 20 heavy (non-hydrogen) atoms. The van der Waals surface area contributed by atoms with E-state index in [0.717, 1.165) is 5.56 Å². The fourth-order valence-corrected chi connectivity index (χ4v) is 1.91. The van der Waals surface area contributed by atoms with Gasteiger partial charge in [0.2, 0.25) is 5.91 Å². The number of carbonyl (C=O) groups excluding carboxylic acids is 1. The van der Waals surface area contributed by atoms with Crippen molar-refractivity contribution in [3.63, 3.8) is 0 Å². The van der Waals surface area contributed by atoms with Crippen molar-refractivity contribution < 1.29 is 9.90 Å². The number of aromatic hydroxyl groups is 1. The zero-order valence-corrected chi connectivity index (χ0v) is 11.6. The summed E-state index contributed by atoms with van der Waals surface area (Å²) in [5.41, 5.74) is 7.58. The van der Waals surface area contributed by atoms with E-state index in [1.807, 2.05) is 0 Å². The molecule has 0 aliphatic carbocycles. The first-order chi connectivity index (χ1) is 9.47. The van der Waals surface area contributed by atoms with Crippen molar-refractivity contribution in [1.82, 2.24) is 0 Å². The lowest BCUT2D eigenvalue weighted by molar-refractivity contribution is 0.0999. The summed E-state index contributed by atoms with van der Waals surface area (Å²) in [5, 5.41) is 10.2. The molecular formula is C15H13ClN2O2. The van der Waals surface area contributed by atoms with Gasteiger partial charge in [-0.3, -0.25) is 9.79 Å². The van der Waals surface area contributed by atoms with E-state index in [4.69, 9.17) is 17.3 Å². The van der Waals surface area contributed by atoms with Crippen LogP contribution in [0.2, 0.25) is 5.02 Å². The molecule has 0 fully saturated rings. The fraction of sp³-hybridized carbons (Fsp3) is 0.0667. The molecule has 0 atom stereocenters. The Morgan fingerprint density at radius 1 is 1.30 bits per heavy atom. The minimum atomic E-state index is -0.495. The topological polar surface area (TPSA) is 75.7 Å². The standard InChI is InChI=1S/C15H13ClN2O2/c1-9-2-4-12(7-13(9)15(17)20)18-8-10-6-11(16)3-5-14(10)19/h2-8,19H,1H3,(H2,17,20). The number of hydrogen-bond acceptors (Lipinski definition) is 3. The van der Waals surface area contributed by atoms with Crippen molar-refractivity contribution in [1.29, 1.82) is 0 Å². The molecule has 4 nitrogen and oxygen atoms in total. The number of hydrogen-bond donors (Lipinski definition) is 2.